The van der Waals surface area contributed by atoms with Gasteiger partial charge in [-0.25, -0.2) is 9.37 Å². The highest BCUT2D eigenvalue weighted by Crippen LogP contribution is 2.38. The van der Waals surface area contributed by atoms with Crippen LogP contribution in [0.15, 0.2) is 70.7 Å². The summed E-state index contributed by atoms with van der Waals surface area (Å²) in [5, 5.41) is 5.22. The Morgan fingerprint density at radius 1 is 1.22 bits per heavy atom. The SMILES string of the molecule is CC(C)NC(=O)c1csc(COc2ccc3c(c2)C(c2ccc(F)cc2)N(C(=O)c2ccco2)CC3)n1. The highest BCUT2D eigenvalue weighted by atomic mass is 32.1. The normalized spacial score (nSPS) is 14.9. The van der Waals surface area contributed by atoms with Crippen LogP contribution in [0.3, 0.4) is 0 Å². The predicted molar refractivity (Wildman–Crippen MR) is 137 cm³/mol. The lowest BCUT2D eigenvalue weighted by Crippen LogP contribution is -2.40. The van der Waals surface area contributed by atoms with Crippen molar-refractivity contribution in [2.24, 2.45) is 0 Å². The van der Waals surface area contributed by atoms with E-state index in [0.717, 1.165) is 16.7 Å². The molecule has 4 aromatic rings. The predicted octanol–water partition coefficient (Wildman–Crippen LogP) is 5.38. The minimum absolute atomic E-state index is 0.0256. The van der Waals surface area contributed by atoms with Gasteiger partial charge in [-0.2, -0.15) is 0 Å². The molecule has 0 radical (unpaired) electrons. The number of carbonyl (C=O) groups excluding carboxylic acids is 2. The largest absolute Gasteiger partial charge is 0.486 e. The van der Waals surface area contributed by atoms with E-state index in [-0.39, 0.29) is 36.0 Å². The summed E-state index contributed by atoms with van der Waals surface area (Å²) in [5.74, 6) is 0.0808. The van der Waals surface area contributed by atoms with Gasteiger partial charge in [-0.05, 0) is 73.4 Å². The molecule has 1 N–H and O–H groups in total. The Morgan fingerprint density at radius 3 is 2.76 bits per heavy atom. The van der Waals surface area contributed by atoms with Crippen molar-refractivity contribution in [3.8, 4) is 5.75 Å². The van der Waals surface area contributed by atoms with Gasteiger partial charge in [-0.1, -0.05) is 18.2 Å². The van der Waals surface area contributed by atoms with E-state index in [0.29, 0.717) is 29.4 Å². The minimum atomic E-state index is -0.434. The van der Waals surface area contributed by atoms with Crippen LogP contribution >= 0.6 is 11.3 Å². The molecule has 190 valence electrons. The van der Waals surface area contributed by atoms with Gasteiger partial charge in [-0.15, -0.1) is 11.3 Å². The maximum Gasteiger partial charge on any atom is 0.290 e. The van der Waals surface area contributed by atoms with E-state index in [1.807, 2.05) is 32.0 Å². The molecule has 37 heavy (non-hydrogen) atoms. The summed E-state index contributed by atoms with van der Waals surface area (Å²) in [7, 11) is 0. The van der Waals surface area contributed by atoms with Gasteiger partial charge in [0.2, 0.25) is 0 Å². The molecule has 7 nitrogen and oxygen atoms in total. The van der Waals surface area contributed by atoms with Crippen molar-refractivity contribution in [2.45, 2.75) is 39.0 Å². The maximum absolute atomic E-state index is 13.7. The molecule has 0 saturated heterocycles. The van der Waals surface area contributed by atoms with Gasteiger partial charge in [0.25, 0.3) is 11.8 Å². The van der Waals surface area contributed by atoms with E-state index in [4.69, 9.17) is 9.15 Å². The third-order valence-electron chi connectivity index (χ3n) is 6.09. The zero-order chi connectivity index (χ0) is 25.9. The number of carbonyl (C=O) groups is 2. The number of furan rings is 1. The lowest BCUT2D eigenvalue weighted by atomic mass is 9.87. The molecule has 2 aromatic heterocycles. The second kappa shape index (κ2) is 10.6. The summed E-state index contributed by atoms with van der Waals surface area (Å²) in [6, 6.07) is 14.9. The molecule has 1 aliphatic heterocycles. The van der Waals surface area contributed by atoms with Gasteiger partial charge in [-0.3, -0.25) is 9.59 Å². The first-order chi connectivity index (χ1) is 17.9. The van der Waals surface area contributed by atoms with E-state index >= 15 is 0 Å². The zero-order valence-corrected chi connectivity index (χ0v) is 21.3. The highest BCUT2D eigenvalue weighted by molar-refractivity contribution is 7.09. The van der Waals surface area contributed by atoms with E-state index in [9.17, 15) is 14.0 Å². The molecule has 0 bridgehead atoms. The van der Waals surface area contributed by atoms with Crippen LogP contribution in [-0.2, 0) is 13.0 Å². The first-order valence-corrected chi connectivity index (χ1v) is 12.9. The number of hydrogen-bond donors (Lipinski definition) is 1. The Labute approximate surface area is 217 Å². The van der Waals surface area contributed by atoms with Gasteiger partial charge in [0.05, 0.1) is 12.3 Å². The second-order valence-corrected chi connectivity index (χ2v) is 10.0. The number of hydrogen-bond acceptors (Lipinski definition) is 6. The number of rotatable bonds is 7. The molecule has 9 heteroatoms. The summed E-state index contributed by atoms with van der Waals surface area (Å²) in [5.41, 5.74) is 3.16. The number of nitrogens with zero attached hydrogens (tertiary/aromatic N) is 2. The van der Waals surface area contributed by atoms with Crippen LogP contribution in [0.2, 0.25) is 0 Å². The Balaban J connectivity index is 1.41. The average molecular weight is 520 g/mol. The molecular weight excluding hydrogens is 493 g/mol. The molecule has 0 spiro atoms. The fourth-order valence-electron chi connectivity index (χ4n) is 4.41. The first kappa shape index (κ1) is 24.7. The Kier molecular flexibility index (Phi) is 7.05. The van der Waals surface area contributed by atoms with Crippen LogP contribution in [0, 0.1) is 5.82 Å². The molecular formula is C28H26FN3O4S. The number of thiazole rings is 1. The molecule has 0 saturated carbocycles. The number of benzene rings is 2. The van der Waals surface area contributed by atoms with Crippen LogP contribution < -0.4 is 10.1 Å². The maximum atomic E-state index is 13.7. The number of ether oxygens (including phenoxy) is 1. The van der Waals surface area contributed by atoms with E-state index in [2.05, 4.69) is 10.3 Å². The lowest BCUT2D eigenvalue weighted by Gasteiger charge is -2.37. The van der Waals surface area contributed by atoms with Crippen LogP contribution in [-0.4, -0.2) is 34.3 Å². The summed E-state index contributed by atoms with van der Waals surface area (Å²) in [6.07, 6.45) is 2.14. The molecule has 1 atom stereocenters. The fourth-order valence-corrected chi connectivity index (χ4v) is 5.10. The van der Waals surface area contributed by atoms with Crippen LogP contribution in [0.25, 0.3) is 0 Å². The molecule has 3 heterocycles. The van der Waals surface area contributed by atoms with E-state index < -0.39 is 6.04 Å². The fraction of sp³-hybridized carbons (Fsp3) is 0.250. The summed E-state index contributed by atoms with van der Waals surface area (Å²) in [4.78, 5) is 31.7. The quantitative estimate of drug-likeness (QED) is 0.354. The van der Waals surface area contributed by atoms with Crippen molar-refractivity contribution in [3.05, 3.63) is 105 Å². The van der Waals surface area contributed by atoms with Gasteiger partial charge in [0.1, 0.15) is 28.9 Å². The zero-order valence-electron chi connectivity index (χ0n) is 20.4. The third-order valence-corrected chi connectivity index (χ3v) is 6.91. The van der Waals surface area contributed by atoms with Crippen molar-refractivity contribution in [1.82, 2.24) is 15.2 Å². The Hall–Kier alpha value is -3.98. The summed E-state index contributed by atoms with van der Waals surface area (Å²) in [6.45, 7) is 4.49. The summed E-state index contributed by atoms with van der Waals surface area (Å²) < 4.78 is 25.1. The first-order valence-electron chi connectivity index (χ1n) is 12.0. The van der Waals surface area contributed by atoms with E-state index in [1.165, 1.54) is 29.7 Å². The molecule has 1 aliphatic rings. The van der Waals surface area contributed by atoms with Gasteiger partial charge >= 0.3 is 0 Å². The molecule has 0 fully saturated rings. The van der Waals surface area contributed by atoms with Crippen molar-refractivity contribution < 1.29 is 23.1 Å². The van der Waals surface area contributed by atoms with Gasteiger partial charge in [0, 0.05) is 18.0 Å². The van der Waals surface area contributed by atoms with Crippen molar-refractivity contribution in [2.75, 3.05) is 6.54 Å². The van der Waals surface area contributed by atoms with Crippen LogP contribution in [0.1, 0.15) is 62.6 Å². The molecule has 0 aliphatic carbocycles. The third kappa shape index (κ3) is 5.41. The standard InChI is InChI=1S/C28H26FN3O4S/c1-17(2)30-27(33)23-16-37-25(31-23)15-36-21-10-7-18-11-12-32(28(34)24-4-3-13-35-24)26(22(18)14-21)19-5-8-20(29)9-6-19/h3-10,13-14,16-17,26H,11-12,15H2,1-2H3,(H,30,33). The monoisotopic (exact) mass is 519 g/mol. The van der Waals surface area contributed by atoms with Crippen molar-refractivity contribution in [3.63, 3.8) is 0 Å². The van der Waals surface area contributed by atoms with Gasteiger partial charge in [0.15, 0.2) is 5.76 Å². The molecule has 1 unspecified atom stereocenters. The molecule has 5 rings (SSSR count). The minimum Gasteiger partial charge on any atom is -0.486 e. The number of fused-ring (bicyclic) bond motifs is 1. The highest BCUT2D eigenvalue weighted by Gasteiger charge is 2.34. The Bertz CT molecular complexity index is 1400. The molecule has 2 aromatic carbocycles. The number of halogens is 1. The number of nitrogens with one attached hydrogen (secondary N) is 1. The smallest absolute Gasteiger partial charge is 0.290 e. The molecule has 2 amide bonds. The van der Waals surface area contributed by atoms with Crippen LogP contribution in [0.4, 0.5) is 4.39 Å². The van der Waals surface area contributed by atoms with Crippen molar-refractivity contribution >= 4 is 23.2 Å². The number of aromatic nitrogens is 1. The Morgan fingerprint density at radius 2 is 2.03 bits per heavy atom. The topological polar surface area (TPSA) is 84.7 Å². The van der Waals surface area contributed by atoms with Gasteiger partial charge < -0.3 is 19.4 Å². The summed E-state index contributed by atoms with van der Waals surface area (Å²) >= 11 is 1.36. The average Bonchev–Trinajstić information content (AvgIpc) is 3.59. The second-order valence-electron chi connectivity index (χ2n) is 9.08. The van der Waals surface area contributed by atoms with Crippen LogP contribution in [0.5, 0.6) is 5.75 Å². The lowest BCUT2D eigenvalue weighted by molar-refractivity contribution is 0.0661. The number of amides is 2. The van der Waals surface area contributed by atoms with Crippen molar-refractivity contribution in [1.29, 1.82) is 0 Å². The van der Waals surface area contributed by atoms with E-state index in [1.54, 1.807) is 34.5 Å².